The minimum absolute atomic E-state index is 1.00. The van der Waals surface area contributed by atoms with E-state index in [0.29, 0.717) is 0 Å². The molecule has 0 aromatic carbocycles. The fraction of sp³-hybridized carbons (Fsp3) is 1.00. The smallest absolute Gasteiger partial charge is 0.139 e. The van der Waals surface area contributed by atoms with Crippen LogP contribution in [0.4, 0.5) is 0 Å². The predicted molar refractivity (Wildman–Crippen MR) is 111 cm³/mol. The van der Waals surface area contributed by atoms with Crippen LogP contribution in [0.25, 0.3) is 0 Å². The topological polar surface area (TPSA) is 17.1 Å². The maximum atomic E-state index is 13.2. The number of rotatable bonds is 18. The van der Waals surface area contributed by atoms with Crippen molar-refractivity contribution in [1.29, 1.82) is 0 Å². The molecule has 0 heterocycles. The second-order valence-corrected chi connectivity index (χ2v) is 12.9. The summed E-state index contributed by atoms with van der Waals surface area (Å²) in [5.41, 5.74) is 0. The van der Waals surface area contributed by atoms with Crippen LogP contribution < -0.4 is 0 Å². The molecule has 0 aromatic heterocycles. The minimum Gasteiger partial charge on any atom is -0.312 e. The van der Waals surface area contributed by atoms with E-state index in [1.54, 1.807) is 0 Å². The first-order chi connectivity index (χ1) is 11.2. The molecule has 0 rings (SSSR count). The highest BCUT2D eigenvalue weighted by atomic mass is 32.7. The zero-order valence-electron chi connectivity index (χ0n) is 16.3. The quantitative estimate of drug-likeness (QED) is 0.179. The van der Waals surface area contributed by atoms with Crippen LogP contribution in [0.15, 0.2) is 0 Å². The van der Waals surface area contributed by atoms with Gasteiger partial charge in [0.15, 0.2) is 0 Å². The van der Waals surface area contributed by atoms with Crippen LogP contribution >= 0.6 is 17.7 Å². The zero-order chi connectivity index (χ0) is 17.2. The van der Waals surface area contributed by atoms with Crippen molar-refractivity contribution in [2.24, 2.45) is 0 Å². The van der Waals surface area contributed by atoms with E-state index in [9.17, 15) is 4.57 Å². The first-order valence-corrected chi connectivity index (χ1v) is 14.1. The molecule has 0 amide bonds. The van der Waals surface area contributed by atoms with Crippen molar-refractivity contribution < 1.29 is 4.57 Å². The molecule has 0 N–H and O–H groups in total. The van der Waals surface area contributed by atoms with E-state index in [1.165, 1.54) is 89.9 Å². The van der Waals surface area contributed by atoms with Crippen molar-refractivity contribution in [1.82, 2.24) is 0 Å². The summed E-state index contributed by atoms with van der Waals surface area (Å²) in [6.45, 7) is 6.76. The summed E-state index contributed by atoms with van der Waals surface area (Å²) in [7, 11) is 0. The van der Waals surface area contributed by atoms with Crippen molar-refractivity contribution in [3.63, 3.8) is 0 Å². The largest absolute Gasteiger partial charge is 0.312 e. The summed E-state index contributed by atoms with van der Waals surface area (Å²) in [4.78, 5) is 0. The van der Waals surface area contributed by atoms with Gasteiger partial charge in [-0.25, -0.2) is 0 Å². The third-order valence-electron chi connectivity index (χ3n) is 4.53. The van der Waals surface area contributed by atoms with Crippen molar-refractivity contribution in [2.45, 2.75) is 111 Å². The highest BCUT2D eigenvalue weighted by molar-refractivity contribution is 8.58. The Morgan fingerprint density at radius 2 is 0.957 bits per heavy atom. The average molecular weight is 363 g/mol. The lowest BCUT2D eigenvalue weighted by Crippen LogP contribution is -1.95. The normalized spacial score (nSPS) is 12.0. The van der Waals surface area contributed by atoms with E-state index in [4.69, 9.17) is 0 Å². The standard InChI is InChI=1S/C20H43OPS/c1-4-7-10-12-14-16-18-22(21,23-20-9-6-3)19-17-15-13-11-8-5-2/h4-20H2,1-3H3. The summed E-state index contributed by atoms with van der Waals surface area (Å²) in [6.07, 6.45) is 18.2. The fourth-order valence-corrected chi connectivity index (χ4v) is 8.46. The Bertz CT molecular complexity index is 261. The maximum Gasteiger partial charge on any atom is 0.139 e. The van der Waals surface area contributed by atoms with E-state index in [1.807, 2.05) is 11.4 Å². The van der Waals surface area contributed by atoms with Gasteiger partial charge in [0.05, 0.1) is 0 Å². The lowest BCUT2D eigenvalue weighted by molar-refractivity contribution is 0.571. The summed E-state index contributed by atoms with van der Waals surface area (Å²) in [6, 6.07) is 0. The van der Waals surface area contributed by atoms with Gasteiger partial charge in [-0.1, -0.05) is 103 Å². The Morgan fingerprint density at radius 1 is 0.565 bits per heavy atom. The molecule has 0 fully saturated rings. The molecule has 23 heavy (non-hydrogen) atoms. The molecule has 140 valence electrons. The summed E-state index contributed by atoms with van der Waals surface area (Å²) >= 11 is 1.84. The van der Waals surface area contributed by atoms with Gasteiger partial charge < -0.3 is 4.57 Å². The van der Waals surface area contributed by atoms with Crippen LogP contribution in [0.5, 0.6) is 0 Å². The molecule has 0 bridgehead atoms. The lowest BCUT2D eigenvalue weighted by Gasteiger charge is -2.18. The molecule has 0 aromatic rings. The molecular formula is C20H43OPS. The molecule has 0 saturated carbocycles. The average Bonchev–Trinajstić information content (AvgIpc) is 2.54. The first kappa shape index (κ1) is 23.6. The van der Waals surface area contributed by atoms with Gasteiger partial charge in [-0.3, -0.25) is 0 Å². The van der Waals surface area contributed by atoms with Crippen LogP contribution in [-0.2, 0) is 4.57 Å². The van der Waals surface area contributed by atoms with Gasteiger partial charge >= 0.3 is 0 Å². The van der Waals surface area contributed by atoms with E-state index >= 15 is 0 Å². The molecule has 0 saturated heterocycles. The predicted octanol–water partition coefficient (Wildman–Crippen LogP) is 8.52. The summed E-state index contributed by atoms with van der Waals surface area (Å²) in [5, 5.41) is 0. The summed E-state index contributed by atoms with van der Waals surface area (Å²) < 4.78 is 13.2. The van der Waals surface area contributed by atoms with Crippen LogP contribution in [0, 0.1) is 0 Å². The van der Waals surface area contributed by atoms with Gasteiger partial charge in [0, 0.05) is 18.1 Å². The molecule has 1 nitrogen and oxygen atoms in total. The first-order valence-electron chi connectivity index (χ1n) is 10.4. The molecule has 0 radical (unpaired) electrons. The van der Waals surface area contributed by atoms with Crippen LogP contribution in [0.2, 0.25) is 0 Å². The summed E-state index contributed by atoms with van der Waals surface area (Å²) in [5.74, 6) is 1.11. The Morgan fingerprint density at radius 3 is 1.39 bits per heavy atom. The molecular weight excluding hydrogens is 319 g/mol. The number of hydrogen-bond donors (Lipinski definition) is 0. The molecule has 3 heteroatoms. The van der Waals surface area contributed by atoms with Gasteiger partial charge in [0.25, 0.3) is 0 Å². The van der Waals surface area contributed by atoms with Crippen LogP contribution in [0.3, 0.4) is 0 Å². The minimum atomic E-state index is -1.94. The molecule has 0 aliphatic heterocycles. The van der Waals surface area contributed by atoms with E-state index < -0.39 is 6.34 Å². The van der Waals surface area contributed by atoms with Gasteiger partial charge in [0.1, 0.15) is 6.34 Å². The third kappa shape index (κ3) is 15.8. The Hall–Kier alpha value is 0.580. The molecule has 0 atom stereocenters. The highest BCUT2D eigenvalue weighted by Gasteiger charge is 2.21. The highest BCUT2D eigenvalue weighted by Crippen LogP contribution is 2.60. The monoisotopic (exact) mass is 362 g/mol. The van der Waals surface area contributed by atoms with Crippen molar-refractivity contribution in [3.8, 4) is 0 Å². The van der Waals surface area contributed by atoms with Crippen molar-refractivity contribution >= 4 is 17.7 Å². The lowest BCUT2D eigenvalue weighted by atomic mass is 10.1. The number of hydrogen-bond acceptors (Lipinski definition) is 2. The van der Waals surface area contributed by atoms with E-state index in [2.05, 4.69) is 20.8 Å². The van der Waals surface area contributed by atoms with Gasteiger partial charge in [-0.2, -0.15) is 0 Å². The number of unbranched alkanes of at least 4 members (excludes halogenated alkanes) is 11. The molecule has 0 spiro atoms. The second kappa shape index (κ2) is 17.4. The van der Waals surface area contributed by atoms with Crippen molar-refractivity contribution in [3.05, 3.63) is 0 Å². The van der Waals surface area contributed by atoms with E-state index in [0.717, 1.165) is 18.1 Å². The van der Waals surface area contributed by atoms with Gasteiger partial charge in [-0.05, 0) is 19.3 Å². The molecule has 0 aliphatic rings. The molecule has 0 aliphatic carbocycles. The zero-order valence-corrected chi connectivity index (χ0v) is 18.0. The fourth-order valence-electron chi connectivity index (χ4n) is 2.88. The molecule has 0 unspecified atom stereocenters. The Balaban J connectivity index is 3.95. The maximum absolute atomic E-state index is 13.2. The van der Waals surface area contributed by atoms with Gasteiger partial charge in [-0.15, -0.1) is 0 Å². The van der Waals surface area contributed by atoms with E-state index in [-0.39, 0.29) is 0 Å². The Kier molecular flexibility index (Phi) is 17.8. The third-order valence-corrected chi connectivity index (χ3v) is 10.5. The van der Waals surface area contributed by atoms with Crippen molar-refractivity contribution in [2.75, 3.05) is 18.1 Å². The SMILES string of the molecule is CCCCCCCCP(=O)(CCCCCCCC)SCCCC. The van der Waals surface area contributed by atoms with Crippen LogP contribution in [0.1, 0.15) is 111 Å². The van der Waals surface area contributed by atoms with Crippen LogP contribution in [-0.4, -0.2) is 18.1 Å². The van der Waals surface area contributed by atoms with Gasteiger partial charge in [0.2, 0.25) is 0 Å². The Labute approximate surface area is 151 Å². The second-order valence-electron chi connectivity index (χ2n) is 6.98.